The molecule has 3 amide bonds. The average molecular weight is 421 g/mol. The van der Waals surface area contributed by atoms with Gasteiger partial charge in [-0.25, -0.2) is 5.01 Å². The number of hydrazone groups is 1. The summed E-state index contributed by atoms with van der Waals surface area (Å²) in [5.41, 5.74) is 2.02. The van der Waals surface area contributed by atoms with E-state index in [-0.39, 0.29) is 17.4 Å². The van der Waals surface area contributed by atoms with Crippen molar-refractivity contribution in [2.24, 2.45) is 10.5 Å². The number of fused-ring (bicyclic) bond motifs is 1. The van der Waals surface area contributed by atoms with Gasteiger partial charge < -0.3 is 9.47 Å². The standard InChI is InChI=1S/C23H23N3O5/c1-23(2)12-26(24-19(23)13-7-9-17(30-4)18(11-13)31-5)20(27)14-6-8-15-16(10-14)22(29)25(3)21(15)28/h6-11H,12H2,1-5H3. The van der Waals surface area contributed by atoms with Gasteiger partial charge in [-0.1, -0.05) is 13.8 Å². The molecule has 2 aliphatic heterocycles. The Balaban J connectivity index is 1.68. The minimum absolute atomic E-state index is 0.237. The van der Waals surface area contributed by atoms with Crippen LogP contribution in [-0.2, 0) is 0 Å². The van der Waals surface area contributed by atoms with Crippen LogP contribution in [0.15, 0.2) is 41.5 Å². The number of hydrogen-bond acceptors (Lipinski definition) is 6. The largest absolute Gasteiger partial charge is 0.493 e. The lowest BCUT2D eigenvalue weighted by Gasteiger charge is -2.21. The molecule has 160 valence electrons. The van der Waals surface area contributed by atoms with E-state index in [1.165, 1.54) is 24.2 Å². The monoisotopic (exact) mass is 421 g/mol. The third-order valence-corrected chi connectivity index (χ3v) is 5.63. The molecule has 2 aliphatic rings. The molecule has 0 aromatic heterocycles. The Morgan fingerprint density at radius 1 is 0.968 bits per heavy atom. The summed E-state index contributed by atoms with van der Waals surface area (Å²) in [5, 5.41) is 6.00. The van der Waals surface area contributed by atoms with E-state index in [0.29, 0.717) is 29.2 Å². The molecule has 2 aromatic carbocycles. The van der Waals surface area contributed by atoms with Gasteiger partial charge in [0.25, 0.3) is 17.7 Å². The molecule has 0 N–H and O–H groups in total. The normalized spacial score (nSPS) is 17.0. The predicted octanol–water partition coefficient (Wildman–Crippen LogP) is 2.82. The Kier molecular flexibility index (Phi) is 4.80. The highest BCUT2D eigenvalue weighted by molar-refractivity contribution is 6.21. The zero-order chi connectivity index (χ0) is 22.5. The molecular weight excluding hydrogens is 398 g/mol. The molecule has 0 saturated carbocycles. The minimum atomic E-state index is -0.411. The second-order valence-corrected chi connectivity index (χ2v) is 8.19. The molecule has 8 nitrogen and oxygen atoms in total. The average Bonchev–Trinajstić information content (AvgIpc) is 3.20. The van der Waals surface area contributed by atoms with Crippen molar-refractivity contribution in [1.29, 1.82) is 0 Å². The number of benzene rings is 2. The number of hydrogen-bond donors (Lipinski definition) is 0. The smallest absolute Gasteiger partial charge is 0.274 e. The molecule has 0 saturated heterocycles. The van der Waals surface area contributed by atoms with Crippen molar-refractivity contribution in [3.8, 4) is 11.5 Å². The van der Waals surface area contributed by atoms with Crippen LogP contribution in [0.2, 0.25) is 0 Å². The molecule has 2 aromatic rings. The van der Waals surface area contributed by atoms with Gasteiger partial charge >= 0.3 is 0 Å². The van der Waals surface area contributed by atoms with Crippen molar-refractivity contribution < 1.29 is 23.9 Å². The molecule has 0 unspecified atom stereocenters. The van der Waals surface area contributed by atoms with Crippen molar-refractivity contribution in [3.05, 3.63) is 58.7 Å². The number of methoxy groups -OCH3 is 2. The summed E-state index contributed by atoms with van der Waals surface area (Å²) < 4.78 is 10.7. The van der Waals surface area contributed by atoms with Crippen LogP contribution in [0.3, 0.4) is 0 Å². The van der Waals surface area contributed by atoms with Crippen molar-refractivity contribution >= 4 is 23.4 Å². The van der Waals surface area contributed by atoms with Crippen LogP contribution < -0.4 is 9.47 Å². The number of amides is 3. The first kappa shape index (κ1) is 20.6. The van der Waals surface area contributed by atoms with Gasteiger partial charge in [0.05, 0.1) is 37.6 Å². The Morgan fingerprint density at radius 3 is 2.32 bits per heavy atom. The molecule has 31 heavy (non-hydrogen) atoms. The minimum Gasteiger partial charge on any atom is -0.493 e. The number of rotatable bonds is 4. The van der Waals surface area contributed by atoms with Gasteiger partial charge in [-0.05, 0) is 36.4 Å². The van der Waals surface area contributed by atoms with E-state index in [0.717, 1.165) is 16.2 Å². The number of ether oxygens (including phenoxy) is 2. The van der Waals surface area contributed by atoms with Crippen LogP contribution in [0.4, 0.5) is 0 Å². The fourth-order valence-electron chi connectivity index (χ4n) is 3.93. The molecule has 4 rings (SSSR count). The van der Waals surface area contributed by atoms with Gasteiger partial charge in [-0.3, -0.25) is 19.3 Å². The van der Waals surface area contributed by atoms with Crippen molar-refractivity contribution in [2.75, 3.05) is 27.8 Å². The van der Waals surface area contributed by atoms with Crippen molar-refractivity contribution in [2.45, 2.75) is 13.8 Å². The SMILES string of the molecule is COc1ccc(C2=NN(C(=O)c3ccc4c(c3)C(=O)N(C)C4=O)CC2(C)C)cc1OC. The van der Waals surface area contributed by atoms with Gasteiger partial charge in [0.2, 0.25) is 0 Å². The third-order valence-electron chi connectivity index (χ3n) is 5.63. The van der Waals surface area contributed by atoms with Gasteiger partial charge in [-0.15, -0.1) is 0 Å². The van der Waals surface area contributed by atoms with E-state index >= 15 is 0 Å². The van der Waals surface area contributed by atoms with Gasteiger partial charge in [0.15, 0.2) is 11.5 Å². The first-order valence-electron chi connectivity index (χ1n) is 9.77. The van der Waals surface area contributed by atoms with Gasteiger partial charge in [-0.2, -0.15) is 5.10 Å². The maximum Gasteiger partial charge on any atom is 0.274 e. The summed E-state index contributed by atoms with van der Waals surface area (Å²) in [5.74, 6) is 0.0780. The lowest BCUT2D eigenvalue weighted by Crippen LogP contribution is -2.31. The Bertz CT molecular complexity index is 1150. The zero-order valence-corrected chi connectivity index (χ0v) is 18.1. The Morgan fingerprint density at radius 2 is 1.65 bits per heavy atom. The van der Waals surface area contributed by atoms with Crippen LogP contribution in [0, 0.1) is 5.41 Å². The molecular formula is C23H23N3O5. The molecule has 8 heteroatoms. The highest BCUT2D eigenvalue weighted by Crippen LogP contribution is 2.35. The van der Waals surface area contributed by atoms with E-state index in [9.17, 15) is 14.4 Å². The van der Waals surface area contributed by atoms with Crippen LogP contribution in [0.5, 0.6) is 11.5 Å². The molecule has 0 radical (unpaired) electrons. The molecule has 0 spiro atoms. The predicted molar refractivity (Wildman–Crippen MR) is 114 cm³/mol. The maximum absolute atomic E-state index is 13.2. The van der Waals surface area contributed by atoms with Crippen LogP contribution >= 0.6 is 0 Å². The summed E-state index contributed by atoms with van der Waals surface area (Å²) in [6.07, 6.45) is 0. The third kappa shape index (κ3) is 3.24. The quantitative estimate of drug-likeness (QED) is 0.709. The Labute approximate surface area is 180 Å². The number of carbonyl (C=O) groups is 3. The van der Waals surface area contributed by atoms with Gasteiger partial charge in [0.1, 0.15) is 0 Å². The lowest BCUT2D eigenvalue weighted by molar-refractivity contribution is 0.0692. The van der Waals surface area contributed by atoms with E-state index in [2.05, 4.69) is 5.10 Å². The fraction of sp³-hybridized carbons (Fsp3) is 0.304. The molecule has 2 heterocycles. The van der Waals surface area contributed by atoms with Crippen molar-refractivity contribution in [3.63, 3.8) is 0 Å². The van der Waals surface area contributed by atoms with Crippen LogP contribution in [-0.4, -0.2) is 61.2 Å². The first-order valence-corrected chi connectivity index (χ1v) is 9.77. The fourth-order valence-corrected chi connectivity index (χ4v) is 3.93. The summed E-state index contributed by atoms with van der Waals surface area (Å²) >= 11 is 0. The highest BCUT2D eigenvalue weighted by Gasteiger charge is 2.39. The van der Waals surface area contributed by atoms with Crippen molar-refractivity contribution in [1.82, 2.24) is 9.91 Å². The first-order chi connectivity index (χ1) is 14.7. The second-order valence-electron chi connectivity index (χ2n) is 8.19. The second kappa shape index (κ2) is 7.23. The molecule has 0 fully saturated rings. The van der Waals surface area contributed by atoms with Crippen LogP contribution in [0.25, 0.3) is 0 Å². The molecule has 0 bridgehead atoms. The zero-order valence-electron chi connectivity index (χ0n) is 18.1. The summed E-state index contributed by atoms with van der Waals surface area (Å²) in [6, 6.07) is 10.1. The summed E-state index contributed by atoms with van der Waals surface area (Å²) in [7, 11) is 4.56. The maximum atomic E-state index is 13.2. The van der Waals surface area contributed by atoms with E-state index in [4.69, 9.17) is 9.47 Å². The number of carbonyl (C=O) groups excluding carboxylic acids is 3. The molecule has 0 aliphatic carbocycles. The number of imide groups is 1. The number of nitrogens with zero attached hydrogens (tertiary/aromatic N) is 3. The molecule has 0 atom stereocenters. The summed E-state index contributed by atoms with van der Waals surface area (Å²) in [6.45, 7) is 4.39. The summed E-state index contributed by atoms with van der Waals surface area (Å²) in [4.78, 5) is 38.6. The van der Waals surface area contributed by atoms with E-state index in [1.54, 1.807) is 26.4 Å². The lowest BCUT2D eigenvalue weighted by atomic mass is 9.84. The van der Waals surface area contributed by atoms with E-state index in [1.807, 2.05) is 26.0 Å². The Hall–Kier alpha value is -3.68. The van der Waals surface area contributed by atoms with Crippen LogP contribution in [0.1, 0.15) is 50.5 Å². The topological polar surface area (TPSA) is 88.5 Å². The van der Waals surface area contributed by atoms with E-state index < -0.39 is 11.3 Å². The highest BCUT2D eigenvalue weighted by atomic mass is 16.5. The van der Waals surface area contributed by atoms with Gasteiger partial charge in [0, 0.05) is 23.6 Å².